The van der Waals surface area contributed by atoms with Gasteiger partial charge in [0.15, 0.2) is 0 Å². The zero-order valence-corrected chi connectivity index (χ0v) is 9.70. The Morgan fingerprint density at radius 2 is 2.06 bits per heavy atom. The summed E-state index contributed by atoms with van der Waals surface area (Å²) in [4.78, 5) is 0. The minimum Gasteiger partial charge on any atom is -0.311 e. The van der Waals surface area contributed by atoms with Crippen LogP contribution >= 0.6 is 0 Å². The summed E-state index contributed by atoms with van der Waals surface area (Å²) in [5, 5.41) is 3.45. The smallest absolute Gasteiger partial charge is 0.126 e. The molecule has 0 amide bonds. The van der Waals surface area contributed by atoms with Gasteiger partial charge in [0.2, 0.25) is 0 Å². The van der Waals surface area contributed by atoms with Crippen molar-refractivity contribution in [1.29, 1.82) is 0 Å². The van der Waals surface area contributed by atoms with Crippen LogP contribution in [0, 0.1) is 11.7 Å². The first-order chi connectivity index (χ1) is 8.24. The molecule has 2 saturated heterocycles. The van der Waals surface area contributed by atoms with Gasteiger partial charge in [-0.15, -0.1) is 0 Å². The number of hydrogen-bond acceptors (Lipinski definition) is 1. The number of piperidine rings is 1. The Bertz CT molecular complexity index is 407. The van der Waals surface area contributed by atoms with Crippen molar-refractivity contribution >= 4 is 0 Å². The summed E-state index contributed by atoms with van der Waals surface area (Å²) in [5.41, 5.74) is 0.646. The van der Waals surface area contributed by atoms with E-state index in [1.54, 1.807) is 12.1 Å². The van der Waals surface area contributed by atoms with Crippen LogP contribution in [0.3, 0.4) is 0 Å². The zero-order valence-electron chi connectivity index (χ0n) is 9.70. The van der Waals surface area contributed by atoms with Crippen molar-refractivity contribution in [2.24, 2.45) is 5.92 Å². The molecule has 2 bridgehead atoms. The van der Waals surface area contributed by atoms with Gasteiger partial charge in [0.05, 0.1) is 0 Å². The second-order valence-corrected chi connectivity index (χ2v) is 5.26. The highest BCUT2D eigenvalue weighted by Gasteiger charge is 2.41. The lowest BCUT2D eigenvalue weighted by Crippen LogP contribution is -2.47. The van der Waals surface area contributed by atoms with Crippen LogP contribution in [-0.4, -0.2) is 18.3 Å². The molecule has 2 fully saturated rings. The summed E-state index contributed by atoms with van der Waals surface area (Å²) < 4.78 is 27.6. The van der Waals surface area contributed by atoms with Gasteiger partial charge in [-0.3, -0.25) is 0 Å². The van der Waals surface area contributed by atoms with Gasteiger partial charge >= 0.3 is 0 Å². The van der Waals surface area contributed by atoms with Crippen molar-refractivity contribution < 1.29 is 8.78 Å². The molecule has 1 N–H and O–H groups in total. The zero-order chi connectivity index (χ0) is 11.8. The molecular formula is C14H17F2N. The Morgan fingerprint density at radius 1 is 1.24 bits per heavy atom. The molecule has 2 aliphatic rings. The monoisotopic (exact) mass is 237 g/mol. The quantitative estimate of drug-likeness (QED) is 0.834. The highest BCUT2D eigenvalue weighted by atomic mass is 19.1. The van der Waals surface area contributed by atoms with E-state index in [0.29, 0.717) is 24.4 Å². The van der Waals surface area contributed by atoms with Gasteiger partial charge in [-0.1, -0.05) is 18.2 Å². The molecule has 4 atom stereocenters. The predicted molar refractivity (Wildman–Crippen MR) is 63.1 cm³/mol. The molecule has 3 heteroatoms. The van der Waals surface area contributed by atoms with Crippen LogP contribution in [0.1, 0.15) is 24.8 Å². The van der Waals surface area contributed by atoms with E-state index < -0.39 is 6.17 Å². The third kappa shape index (κ3) is 2.08. The molecule has 4 unspecified atom stereocenters. The highest BCUT2D eigenvalue weighted by Crippen LogP contribution is 2.35. The Balaban J connectivity index is 1.78. The van der Waals surface area contributed by atoms with Crippen LogP contribution in [0.5, 0.6) is 0 Å². The van der Waals surface area contributed by atoms with Gasteiger partial charge in [-0.25, -0.2) is 8.78 Å². The van der Waals surface area contributed by atoms with Gasteiger partial charge in [-0.05, 0) is 37.3 Å². The van der Waals surface area contributed by atoms with E-state index in [1.165, 1.54) is 6.07 Å². The normalized spacial score (nSPS) is 36.1. The van der Waals surface area contributed by atoms with E-state index in [2.05, 4.69) is 5.32 Å². The van der Waals surface area contributed by atoms with Gasteiger partial charge < -0.3 is 5.32 Å². The van der Waals surface area contributed by atoms with E-state index in [9.17, 15) is 8.78 Å². The maximum absolute atomic E-state index is 14.0. The SMILES string of the molecule is Fc1ccccc1CC1C(F)CC2CCC1N2. The number of nitrogens with one attached hydrogen (secondary N) is 1. The Kier molecular flexibility index (Phi) is 2.87. The number of fused-ring (bicyclic) bond motifs is 2. The Labute approximate surface area is 100 Å². The minimum atomic E-state index is -0.784. The molecule has 0 saturated carbocycles. The number of benzene rings is 1. The maximum atomic E-state index is 14.0. The number of hydrogen-bond donors (Lipinski definition) is 1. The molecule has 1 aromatic carbocycles. The van der Waals surface area contributed by atoms with Crippen LogP contribution < -0.4 is 5.32 Å². The Hall–Kier alpha value is -0.960. The van der Waals surface area contributed by atoms with Crippen LogP contribution in [0.2, 0.25) is 0 Å². The van der Waals surface area contributed by atoms with Crippen molar-refractivity contribution in [3.63, 3.8) is 0 Å². The molecule has 3 rings (SSSR count). The summed E-state index contributed by atoms with van der Waals surface area (Å²) in [6.07, 6.45) is 2.42. The molecule has 1 nitrogen and oxygen atoms in total. The topological polar surface area (TPSA) is 12.0 Å². The third-order valence-corrected chi connectivity index (χ3v) is 4.18. The van der Waals surface area contributed by atoms with Crippen LogP contribution in [-0.2, 0) is 6.42 Å². The molecule has 0 aromatic heterocycles. The fourth-order valence-corrected chi connectivity index (χ4v) is 3.26. The van der Waals surface area contributed by atoms with E-state index in [1.807, 2.05) is 6.07 Å². The van der Waals surface area contributed by atoms with Gasteiger partial charge in [0.1, 0.15) is 12.0 Å². The van der Waals surface area contributed by atoms with Crippen molar-refractivity contribution in [2.75, 3.05) is 0 Å². The van der Waals surface area contributed by atoms with E-state index in [4.69, 9.17) is 0 Å². The van der Waals surface area contributed by atoms with E-state index >= 15 is 0 Å². The van der Waals surface area contributed by atoms with Gasteiger partial charge in [-0.2, -0.15) is 0 Å². The summed E-state index contributed by atoms with van der Waals surface area (Å²) in [7, 11) is 0. The van der Waals surface area contributed by atoms with Crippen molar-refractivity contribution in [2.45, 2.75) is 43.9 Å². The number of halogens is 2. The second-order valence-electron chi connectivity index (χ2n) is 5.26. The number of alkyl halides is 1. The average Bonchev–Trinajstić information content (AvgIpc) is 2.70. The highest BCUT2D eigenvalue weighted by molar-refractivity contribution is 5.19. The van der Waals surface area contributed by atoms with Crippen LogP contribution in [0.15, 0.2) is 24.3 Å². The lowest BCUT2D eigenvalue weighted by molar-refractivity contribution is 0.135. The fourth-order valence-electron chi connectivity index (χ4n) is 3.26. The summed E-state index contributed by atoms with van der Waals surface area (Å²) in [6, 6.07) is 7.31. The number of rotatable bonds is 2. The maximum Gasteiger partial charge on any atom is 0.126 e. The van der Waals surface area contributed by atoms with Crippen molar-refractivity contribution in [3.05, 3.63) is 35.6 Å². The van der Waals surface area contributed by atoms with E-state index in [-0.39, 0.29) is 17.8 Å². The average molecular weight is 237 g/mol. The molecule has 2 heterocycles. The molecule has 0 aliphatic carbocycles. The standard InChI is InChI=1S/C14H17F2N/c15-12-4-2-1-3-9(12)7-11-13(16)8-10-5-6-14(11)17-10/h1-4,10-11,13-14,17H,5-8H2. The fraction of sp³-hybridized carbons (Fsp3) is 0.571. The molecule has 1 aromatic rings. The molecule has 92 valence electrons. The summed E-state index contributed by atoms with van der Waals surface area (Å²) in [6.45, 7) is 0. The molecule has 0 radical (unpaired) electrons. The first-order valence-electron chi connectivity index (χ1n) is 6.37. The molecular weight excluding hydrogens is 220 g/mol. The largest absolute Gasteiger partial charge is 0.311 e. The van der Waals surface area contributed by atoms with Crippen molar-refractivity contribution in [3.8, 4) is 0 Å². The lowest BCUT2D eigenvalue weighted by atomic mass is 9.85. The molecule has 0 spiro atoms. The summed E-state index contributed by atoms with van der Waals surface area (Å²) >= 11 is 0. The van der Waals surface area contributed by atoms with Crippen LogP contribution in [0.25, 0.3) is 0 Å². The van der Waals surface area contributed by atoms with Gasteiger partial charge in [0, 0.05) is 18.0 Å². The Morgan fingerprint density at radius 3 is 2.88 bits per heavy atom. The first-order valence-corrected chi connectivity index (χ1v) is 6.37. The second kappa shape index (κ2) is 4.37. The van der Waals surface area contributed by atoms with Crippen LogP contribution in [0.4, 0.5) is 8.78 Å². The predicted octanol–water partition coefficient (Wildman–Crippen LogP) is 2.85. The van der Waals surface area contributed by atoms with Gasteiger partial charge in [0.25, 0.3) is 0 Å². The molecule has 17 heavy (non-hydrogen) atoms. The summed E-state index contributed by atoms with van der Waals surface area (Å²) in [5.74, 6) is -0.273. The van der Waals surface area contributed by atoms with Crippen molar-refractivity contribution in [1.82, 2.24) is 5.32 Å². The third-order valence-electron chi connectivity index (χ3n) is 4.18. The first kappa shape index (κ1) is 11.1. The lowest BCUT2D eigenvalue weighted by Gasteiger charge is -2.33. The minimum absolute atomic E-state index is 0.0642. The molecule has 2 aliphatic heterocycles. The van der Waals surface area contributed by atoms with E-state index in [0.717, 1.165) is 12.8 Å².